The van der Waals surface area contributed by atoms with Gasteiger partial charge in [-0.05, 0) is 0 Å². The van der Waals surface area contributed by atoms with Crippen molar-refractivity contribution < 1.29 is 34.5 Å². The summed E-state index contributed by atoms with van der Waals surface area (Å²) in [6, 6.07) is 28.0. The molecule has 0 amide bonds. The maximum absolute atomic E-state index is 9.75. The molecule has 0 N–H and O–H groups in total. The molecule has 0 nitrogen and oxygen atoms in total. The highest BCUT2D eigenvalue weighted by molar-refractivity contribution is 6.50. The molecule has 2 rings (SSSR count). The molecule has 10 heteroatoms. The summed E-state index contributed by atoms with van der Waals surface area (Å²) in [5.41, 5.74) is 0. The standard InChI is InChI=1S/2C7H7.2BF4/c2*1-2-4-6-7-5-3-1;2*2-1(3,4)5/h2*1-7H;;/q2*+1;2*-1. The summed E-state index contributed by atoms with van der Waals surface area (Å²) in [5, 5.41) is 0. The minimum atomic E-state index is -6.00. The fourth-order valence-corrected chi connectivity index (χ4v) is 0.898. The Morgan fingerprint density at radius 3 is 0.708 bits per heavy atom. The molecule has 0 saturated heterocycles. The maximum Gasteiger partial charge on any atom is 0.673 e. The van der Waals surface area contributed by atoms with Crippen LogP contribution in [0.25, 0.3) is 0 Å². The largest absolute Gasteiger partial charge is 0.673 e. The van der Waals surface area contributed by atoms with E-state index in [9.17, 15) is 34.5 Å². The van der Waals surface area contributed by atoms with E-state index in [1.807, 2.05) is 84.9 Å². The van der Waals surface area contributed by atoms with Gasteiger partial charge in [0.25, 0.3) is 0 Å². The van der Waals surface area contributed by atoms with E-state index >= 15 is 0 Å². The van der Waals surface area contributed by atoms with Crippen LogP contribution < -0.4 is 0 Å². The van der Waals surface area contributed by atoms with Crippen molar-refractivity contribution in [3.63, 3.8) is 0 Å². The highest BCUT2D eigenvalue weighted by Gasteiger charge is 2.21. The molecule has 2 aromatic rings. The lowest BCUT2D eigenvalue weighted by atomic mass is 10.3. The van der Waals surface area contributed by atoms with E-state index in [4.69, 9.17) is 0 Å². The van der Waals surface area contributed by atoms with Crippen LogP contribution in [0.1, 0.15) is 0 Å². The van der Waals surface area contributed by atoms with Gasteiger partial charge in [0.15, 0.2) is 0 Å². The molecule has 132 valence electrons. The lowest BCUT2D eigenvalue weighted by Crippen LogP contribution is -2.02. The Kier molecular flexibility index (Phi) is 14.4. The summed E-state index contributed by atoms with van der Waals surface area (Å²) in [5.74, 6) is 0. The zero-order chi connectivity index (χ0) is 18.9. The smallest absolute Gasteiger partial charge is 0.418 e. The van der Waals surface area contributed by atoms with Crippen molar-refractivity contribution in [3.8, 4) is 0 Å². The van der Waals surface area contributed by atoms with Gasteiger partial charge in [0.05, 0.1) is 0 Å². The van der Waals surface area contributed by atoms with Crippen LogP contribution in [-0.2, 0) is 0 Å². The molecule has 2 aromatic carbocycles. The predicted octanol–water partition coefficient (Wildman–Crippen LogP) is 6.54. The van der Waals surface area contributed by atoms with Gasteiger partial charge in [-0.3, -0.25) is 0 Å². The zero-order valence-corrected chi connectivity index (χ0v) is 12.3. The first kappa shape index (κ1) is 24.0. The van der Waals surface area contributed by atoms with E-state index < -0.39 is 14.5 Å². The van der Waals surface area contributed by atoms with Gasteiger partial charge in [-0.1, -0.05) is 0 Å². The quantitative estimate of drug-likeness (QED) is 0.286. The van der Waals surface area contributed by atoms with Gasteiger partial charge in [0, 0.05) is 84.9 Å². The third-order valence-electron chi connectivity index (χ3n) is 1.56. The number of hydrogen-bond acceptors (Lipinski definition) is 0. The molecule has 0 unspecified atom stereocenters. The fourth-order valence-electron chi connectivity index (χ4n) is 0.898. The number of halogens is 8. The van der Waals surface area contributed by atoms with Crippen molar-refractivity contribution in [1.82, 2.24) is 0 Å². The van der Waals surface area contributed by atoms with Crippen molar-refractivity contribution in [2.45, 2.75) is 0 Å². The van der Waals surface area contributed by atoms with Crippen LogP contribution in [0.4, 0.5) is 34.5 Å². The Bertz CT molecular complexity index is 365. The van der Waals surface area contributed by atoms with Crippen molar-refractivity contribution in [1.29, 1.82) is 0 Å². The second-order valence-electron chi connectivity index (χ2n) is 3.68. The van der Waals surface area contributed by atoms with Crippen LogP contribution >= 0.6 is 0 Å². The highest BCUT2D eigenvalue weighted by Crippen LogP contribution is 2.07. The summed E-state index contributed by atoms with van der Waals surface area (Å²) in [7, 11) is -12.0. The van der Waals surface area contributed by atoms with E-state index in [1.165, 1.54) is 0 Å². The van der Waals surface area contributed by atoms with Crippen LogP contribution in [0.3, 0.4) is 0 Å². The Labute approximate surface area is 135 Å². The summed E-state index contributed by atoms with van der Waals surface area (Å²) >= 11 is 0. The van der Waals surface area contributed by atoms with Gasteiger partial charge in [-0.2, -0.15) is 0 Å². The third-order valence-corrected chi connectivity index (χ3v) is 1.56. The normalized spacial score (nSPS) is 9.67. The molecule has 0 aliphatic rings. The molecule has 0 radical (unpaired) electrons. The van der Waals surface area contributed by atoms with E-state index in [1.54, 1.807) is 0 Å². The zero-order valence-electron chi connectivity index (χ0n) is 12.3. The summed E-state index contributed by atoms with van der Waals surface area (Å²) < 4.78 is 78.0. The molecule has 0 atom stereocenters. The van der Waals surface area contributed by atoms with Crippen LogP contribution in [0.2, 0.25) is 0 Å². The van der Waals surface area contributed by atoms with Gasteiger partial charge in [0.1, 0.15) is 0 Å². The molecule has 0 aliphatic carbocycles. The van der Waals surface area contributed by atoms with Gasteiger partial charge in [-0.25, -0.2) is 0 Å². The van der Waals surface area contributed by atoms with E-state index in [0.717, 1.165) is 0 Å². The monoisotopic (exact) mass is 356 g/mol. The molecule has 24 heavy (non-hydrogen) atoms. The lowest BCUT2D eigenvalue weighted by Gasteiger charge is -1.94. The fraction of sp³-hybridized carbons (Fsp3) is 0. The Balaban J connectivity index is 0. The molecule has 0 aliphatic heterocycles. The van der Waals surface area contributed by atoms with Crippen LogP contribution in [0.15, 0.2) is 84.9 Å². The molecular formula is C14H14B2F8. The first-order valence-electron chi connectivity index (χ1n) is 6.41. The average molecular weight is 356 g/mol. The van der Waals surface area contributed by atoms with Crippen LogP contribution in [0, 0.1) is 0 Å². The maximum atomic E-state index is 9.75. The van der Waals surface area contributed by atoms with Crippen molar-refractivity contribution in [2.24, 2.45) is 0 Å². The van der Waals surface area contributed by atoms with Crippen LogP contribution in [-0.4, -0.2) is 14.5 Å². The average Bonchev–Trinajstić information content (AvgIpc) is 2.85. The van der Waals surface area contributed by atoms with Gasteiger partial charge in [-0.15, -0.1) is 0 Å². The SMILES string of the molecule is F[B-](F)(F)F.F[B-](F)(F)F.c1ccc[cH+]cc1.c1ccc[cH+]cc1. The topological polar surface area (TPSA) is 0 Å². The predicted molar refractivity (Wildman–Crippen MR) is 82.1 cm³/mol. The number of hydrogen-bond donors (Lipinski definition) is 0. The van der Waals surface area contributed by atoms with E-state index in [-0.39, 0.29) is 0 Å². The minimum Gasteiger partial charge on any atom is -0.418 e. The second kappa shape index (κ2) is 14.3. The van der Waals surface area contributed by atoms with E-state index in [0.29, 0.717) is 0 Å². The second-order valence-corrected chi connectivity index (χ2v) is 3.68. The molecule has 0 spiro atoms. The molecule has 0 bridgehead atoms. The summed E-state index contributed by atoms with van der Waals surface area (Å²) in [6.45, 7) is 0. The van der Waals surface area contributed by atoms with E-state index in [2.05, 4.69) is 0 Å². The highest BCUT2D eigenvalue weighted by atomic mass is 19.5. The van der Waals surface area contributed by atoms with Gasteiger partial charge >= 0.3 is 14.5 Å². The molecular weight excluding hydrogens is 342 g/mol. The number of rotatable bonds is 0. The van der Waals surface area contributed by atoms with Gasteiger partial charge in [0.2, 0.25) is 0 Å². The lowest BCUT2D eigenvalue weighted by molar-refractivity contribution is 0.366. The first-order chi connectivity index (χ1) is 11.0. The molecule has 0 fully saturated rings. The molecule has 0 aromatic heterocycles. The summed E-state index contributed by atoms with van der Waals surface area (Å²) in [6.07, 6.45) is 0. The Morgan fingerprint density at radius 1 is 0.375 bits per heavy atom. The van der Waals surface area contributed by atoms with Gasteiger partial charge < -0.3 is 34.5 Å². The molecule has 0 heterocycles. The third kappa shape index (κ3) is 50.3. The minimum absolute atomic E-state index is 2.00. The van der Waals surface area contributed by atoms with Crippen molar-refractivity contribution >= 4 is 14.5 Å². The Morgan fingerprint density at radius 2 is 0.542 bits per heavy atom. The van der Waals surface area contributed by atoms with Crippen molar-refractivity contribution in [3.05, 3.63) is 84.9 Å². The van der Waals surface area contributed by atoms with Crippen molar-refractivity contribution in [2.75, 3.05) is 0 Å². The summed E-state index contributed by atoms with van der Waals surface area (Å²) in [4.78, 5) is 0. The van der Waals surface area contributed by atoms with Crippen LogP contribution in [0.5, 0.6) is 0 Å². The Hall–Kier alpha value is -2.25. The molecule has 0 saturated carbocycles. The first-order valence-corrected chi connectivity index (χ1v) is 6.41.